The smallest absolute Gasteiger partial charge is 0.124 e. The predicted octanol–water partition coefficient (Wildman–Crippen LogP) is 8.08. The Kier molecular flexibility index (Phi) is 13.1. The van der Waals surface area contributed by atoms with Crippen molar-refractivity contribution < 1.29 is 0 Å². The molecule has 0 amide bonds. The summed E-state index contributed by atoms with van der Waals surface area (Å²) in [5, 5.41) is 9.11. The molecule has 13 nitrogen and oxygen atoms in total. The van der Waals surface area contributed by atoms with Crippen molar-refractivity contribution in [3.8, 4) is 0 Å². The zero-order chi connectivity index (χ0) is 41.8. The van der Waals surface area contributed by atoms with Gasteiger partial charge in [0.15, 0.2) is 0 Å². The SMILES string of the molecule is c1ccc(CN(Cc2ccccn2)Cc2nc3ccccc3n2CCCCn2cc(CCCn3c(CN(Cc4ccccn4)Cc4ccccn4)nc4ccccc43)nn2)nc1. The maximum atomic E-state index is 5.13. The highest BCUT2D eigenvalue weighted by Gasteiger charge is 2.18. The lowest BCUT2D eigenvalue weighted by molar-refractivity contribution is 0.232. The number of fused-ring (bicyclic) bond motifs is 2. The van der Waals surface area contributed by atoms with Crippen molar-refractivity contribution in [3.63, 3.8) is 0 Å². The van der Waals surface area contributed by atoms with Crippen LogP contribution in [0.25, 0.3) is 22.1 Å². The van der Waals surface area contributed by atoms with Crippen molar-refractivity contribution in [1.29, 1.82) is 0 Å². The summed E-state index contributed by atoms with van der Waals surface area (Å²) in [7, 11) is 0. The van der Waals surface area contributed by atoms with Crippen molar-refractivity contribution in [2.45, 2.75) is 84.6 Å². The molecule has 7 aromatic heterocycles. The van der Waals surface area contributed by atoms with E-state index in [-0.39, 0.29) is 0 Å². The van der Waals surface area contributed by atoms with Crippen LogP contribution >= 0.6 is 0 Å². The van der Waals surface area contributed by atoms with Crippen molar-refractivity contribution in [3.05, 3.63) is 192 Å². The maximum absolute atomic E-state index is 5.13. The molecule has 9 aromatic rings. The molecule has 0 saturated carbocycles. The first-order valence-electron chi connectivity index (χ1n) is 21.5. The van der Waals surface area contributed by atoms with Crippen molar-refractivity contribution >= 4 is 22.1 Å². The van der Waals surface area contributed by atoms with Gasteiger partial charge in [-0.2, -0.15) is 0 Å². The first kappa shape index (κ1) is 40.4. The Balaban J connectivity index is 0.823. The van der Waals surface area contributed by atoms with Gasteiger partial charge >= 0.3 is 0 Å². The van der Waals surface area contributed by atoms with E-state index in [0.717, 1.165) is 108 Å². The minimum absolute atomic E-state index is 0.670. The number of unbranched alkanes of at least 4 members (excludes halogenated alkanes) is 1. The normalized spacial score (nSPS) is 11.7. The lowest BCUT2D eigenvalue weighted by Crippen LogP contribution is -2.25. The standard InChI is InChI=1S/C49H51N13/c1-3-23-46-44(21-1)54-48(37-58(32-39-16-5-9-25-50-39)33-40-17-6-10-26-51-40)61(46)30-14-13-29-60-36-43(56-57-60)20-15-31-62-47-24-4-2-22-45(47)55-49(62)38-59(34-41-18-7-11-27-52-41)35-42-19-8-12-28-53-42/h1-12,16-19,21-28,36H,13-15,20,29-35,37-38H2. The number of para-hydroxylation sites is 4. The molecule has 312 valence electrons. The van der Waals surface area contributed by atoms with E-state index >= 15 is 0 Å². The van der Waals surface area contributed by atoms with Crippen LogP contribution in [-0.2, 0) is 65.3 Å². The molecule has 0 bridgehead atoms. The van der Waals surface area contributed by atoms with Gasteiger partial charge in [0.2, 0.25) is 0 Å². The van der Waals surface area contributed by atoms with Crippen LogP contribution in [-0.4, -0.2) is 63.8 Å². The van der Waals surface area contributed by atoms with Crippen LogP contribution in [0.5, 0.6) is 0 Å². The van der Waals surface area contributed by atoms with Crippen molar-refractivity contribution in [2.75, 3.05) is 0 Å². The molecule has 0 fully saturated rings. The van der Waals surface area contributed by atoms with E-state index in [1.54, 1.807) is 0 Å². The molecular formula is C49H51N13. The second-order valence-corrected chi connectivity index (χ2v) is 15.7. The summed E-state index contributed by atoms with van der Waals surface area (Å²) in [5.74, 6) is 2.08. The molecule has 0 aliphatic rings. The second kappa shape index (κ2) is 20.1. The lowest BCUT2D eigenvalue weighted by Gasteiger charge is -2.22. The summed E-state index contributed by atoms with van der Waals surface area (Å²) in [6.07, 6.45) is 13.2. The van der Waals surface area contributed by atoms with E-state index in [1.807, 2.05) is 78.0 Å². The zero-order valence-corrected chi connectivity index (χ0v) is 34.9. The Hall–Kier alpha value is -6.96. The fraction of sp³-hybridized carbons (Fsp3) is 0.265. The van der Waals surface area contributed by atoms with Gasteiger partial charge in [-0.3, -0.25) is 34.4 Å². The molecule has 62 heavy (non-hydrogen) atoms. The number of nitrogens with zero attached hydrogens (tertiary/aromatic N) is 13. The van der Waals surface area contributed by atoms with Gasteiger partial charge in [-0.05, 0) is 98.5 Å². The van der Waals surface area contributed by atoms with Gasteiger partial charge in [-0.25, -0.2) is 9.97 Å². The van der Waals surface area contributed by atoms with Gasteiger partial charge in [0.05, 0.1) is 63.6 Å². The quantitative estimate of drug-likeness (QED) is 0.0658. The predicted molar refractivity (Wildman–Crippen MR) is 240 cm³/mol. The highest BCUT2D eigenvalue weighted by molar-refractivity contribution is 5.76. The number of hydrogen-bond acceptors (Lipinski definition) is 10. The molecule has 0 aliphatic heterocycles. The van der Waals surface area contributed by atoms with Gasteiger partial charge in [0.25, 0.3) is 0 Å². The third kappa shape index (κ3) is 10.5. The van der Waals surface area contributed by atoms with Gasteiger partial charge in [0.1, 0.15) is 11.6 Å². The number of rotatable bonds is 21. The summed E-state index contributed by atoms with van der Waals surface area (Å²) in [6.45, 7) is 6.64. The average Bonchev–Trinajstić information content (AvgIpc) is 4.01. The Labute approximate surface area is 361 Å². The molecule has 2 aromatic carbocycles. The number of imidazole rings is 2. The van der Waals surface area contributed by atoms with Crippen LogP contribution in [0.1, 0.15) is 59.4 Å². The molecule has 0 aliphatic carbocycles. The molecule has 9 rings (SSSR count). The third-order valence-electron chi connectivity index (χ3n) is 11.1. The fourth-order valence-electron chi connectivity index (χ4n) is 8.13. The first-order valence-corrected chi connectivity index (χ1v) is 21.5. The van der Waals surface area contributed by atoms with E-state index in [2.05, 4.69) is 128 Å². The van der Waals surface area contributed by atoms with Crippen LogP contribution in [0, 0.1) is 0 Å². The Morgan fingerprint density at radius 2 is 0.823 bits per heavy atom. The number of hydrogen-bond donors (Lipinski definition) is 0. The molecule has 7 heterocycles. The minimum Gasteiger partial charge on any atom is -0.327 e. The first-order chi connectivity index (χ1) is 30.7. The highest BCUT2D eigenvalue weighted by atomic mass is 15.4. The fourth-order valence-corrected chi connectivity index (χ4v) is 8.13. The van der Waals surface area contributed by atoms with Gasteiger partial charge in [-0.15, -0.1) is 5.10 Å². The van der Waals surface area contributed by atoms with Crippen LogP contribution < -0.4 is 0 Å². The number of pyridine rings is 4. The van der Waals surface area contributed by atoms with E-state index in [1.165, 1.54) is 0 Å². The molecular weight excluding hydrogens is 771 g/mol. The Morgan fingerprint density at radius 1 is 0.403 bits per heavy atom. The third-order valence-corrected chi connectivity index (χ3v) is 11.1. The van der Waals surface area contributed by atoms with Crippen LogP contribution in [0.15, 0.2) is 152 Å². The molecule has 0 saturated heterocycles. The highest BCUT2D eigenvalue weighted by Crippen LogP contribution is 2.22. The van der Waals surface area contributed by atoms with E-state index in [4.69, 9.17) is 9.97 Å². The number of benzene rings is 2. The lowest BCUT2D eigenvalue weighted by atomic mass is 10.2. The molecule has 0 N–H and O–H groups in total. The van der Waals surface area contributed by atoms with E-state index < -0.39 is 0 Å². The van der Waals surface area contributed by atoms with Crippen molar-refractivity contribution in [2.24, 2.45) is 0 Å². The van der Waals surface area contributed by atoms with Crippen molar-refractivity contribution in [1.82, 2.24) is 63.8 Å². The average molecular weight is 822 g/mol. The van der Waals surface area contributed by atoms with Crippen LogP contribution in [0.3, 0.4) is 0 Å². The molecule has 0 radical (unpaired) electrons. The monoisotopic (exact) mass is 821 g/mol. The van der Waals surface area contributed by atoms with Gasteiger partial charge < -0.3 is 9.13 Å². The van der Waals surface area contributed by atoms with Gasteiger partial charge in [-0.1, -0.05) is 53.7 Å². The molecule has 0 unspecified atom stereocenters. The summed E-state index contributed by atoms with van der Waals surface area (Å²) >= 11 is 0. The maximum Gasteiger partial charge on any atom is 0.124 e. The number of aromatic nitrogens is 11. The Bertz CT molecular complexity index is 2670. The summed E-state index contributed by atoms with van der Waals surface area (Å²) in [5.41, 5.74) is 9.41. The topological polar surface area (TPSA) is 124 Å². The Morgan fingerprint density at radius 3 is 1.27 bits per heavy atom. The molecule has 0 atom stereocenters. The van der Waals surface area contributed by atoms with E-state index in [0.29, 0.717) is 39.3 Å². The van der Waals surface area contributed by atoms with Crippen LogP contribution in [0.2, 0.25) is 0 Å². The summed E-state index contributed by atoms with van der Waals surface area (Å²) in [6, 6.07) is 41.1. The zero-order valence-electron chi connectivity index (χ0n) is 34.9. The van der Waals surface area contributed by atoms with E-state index in [9.17, 15) is 0 Å². The van der Waals surface area contributed by atoms with Crippen LogP contribution in [0.4, 0.5) is 0 Å². The van der Waals surface area contributed by atoms with Gasteiger partial charge in [0, 0.05) is 76.8 Å². The summed E-state index contributed by atoms with van der Waals surface area (Å²) < 4.78 is 6.75. The minimum atomic E-state index is 0.670. The largest absolute Gasteiger partial charge is 0.327 e. The summed E-state index contributed by atoms with van der Waals surface area (Å²) in [4.78, 5) is 33.5. The second-order valence-electron chi connectivity index (χ2n) is 15.7. The molecule has 13 heteroatoms. The molecule has 0 spiro atoms. The number of aryl methyl sites for hydroxylation is 4.